The zero-order valence-electron chi connectivity index (χ0n) is 10.6. The van der Waals surface area contributed by atoms with Gasteiger partial charge in [-0.2, -0.15) is 0 Å². The van der Waals surface area contributed by atoms with Gasteiger partial charge in [-0.15, -0.1) is 11.8 Å². The lowest BCUT2D eigenvalue weighted by Crippen LogP contribution is -2.22. The quantitative estimate of drug-likeness (QED) is 0.608. The van der Waals surface area contributed by atoms with Gasteiger partial charge in [0, 0.05) is 4.90 Å². The summed E-state index contributed by atoms with van der Waals surface area (Å²) in [4.78, 5) is 1.49. The largest absolute Gasteiger partial charge is 0.126 e. The Morgan fingerprint density at radius 2 is 1.87 bits per heavy atom. The minimum absolute atomic E-state index is 0.382. The Morgan fingerprint density at radius 3 is 2.53 bits per heavy atom. The zero-order chi connectivity index (χ0) is 11.5. The molecule has 0 aromatic heterocycles. The first-order valence-corrected chi connectivity index (χ1v) is 6.82. The lowest BCUT2D eigenvalue weighted by molar-refractivity contribution is 0.493. The van der Waals surface area contributed by atoms with Crippen molar-refractivity contribution in [2.24, 2.45) is 0 Å². The fourth-order valence-corrected chi connectivity index (χ4v) is 3.34. The van der Waals surface area contributed by atoms with Gasteiger partial charge in [0.05, 0.1) is 0 Å². The summed E-state index contributed by atoms with van der Waals surface area (Å²) in [5, 5.41) is 0. The Hall–Kier alpha value is -0.430. The third-order valence-corrected chi connectivity index (χ3v) is 3.92. The molecule has 0 spiro atoms. The van der Waals surface area contributed by atoms with Crippen LogP contribution in [0.3, 0.4) is 0 Å². The standard InChI is InChI=1S/C12H16S.C2H6/c1-9-4-5-11-10(8-9)12(2,3)6-7-13-11;1-2/h4-5,8H,6-7H2,1-3H3;1-2H3. The highest BCUT2D eigenvalue weighted by Gasteiger charge is 2.27. The maximum Gasteiger partial charge on any atom is 0.0110 e. The fourth-order valence-electron chi connectivity index (χ4n) is 1.85. The van der Waals surface area contributed by atoms with E-state index in [1.807, 2.05) is 25.6 Å². The molecule has 0 radical (unpaired) electrons. The van der Waals surface area contributed by atoms with Crippen molar-refractivity contribution in [3.8, 4) is 0 Å². The van der Waals surface area contributed by atoms with Crippen LogP contribution >= 0.6 is 11.8 Å². The van der Waals surface area contributed by atoms with Crippen molar-refractivity contribution >= 4 is 11.8 Å². The second kappa shape index (κ2) is 5.07. The van der Waals surface area contributed by atoms with E-state index in [9.17, 15) is 0 Å². The molecule has 0 atom stereocenters. The molecule has 1 aromatic rings. The lowest BCUT2D eigenvalue weighted by atomic mass is 9.81. The van der Waals surface area contributed by atoms with Crippen LogP contribution in [-0.2, 0) is 5.41 Å². The third kappa shape index (κ3) is 2.78. The van der Waals surface area contributed by atoms with Crippen LogP contribution in [0.4, 0.5) is 0 Å². The third-order valence-electron chi connectivity index (χ3n) is 2.85. The van der Waals surface area contributed by atoms with Gasteiger partial charge in [-0.3, -0.25) is 0 Å². The predicted molar refractivity (Wildman–Crippen MR) is 70.9 cm³/mol. The minimum Gasteiger partial charge on any atom is -0.126 e. The maximum absolute atomic E-state index is 2.35. The van der Waals surface area contributed by atoms with Crippen LogP contribution in [0.2, 0.25) is 0 Å². The molecule has 0 unspecified atom stereocenters. The van der Waals surface area contributed by atoms with E-state index in [-0.39, 0.29) is 0 Å². The summed E-state index contributed by atoms with van der Waals surface area (Å²) < 4.78 is 0. The first kappa shape index (κ1) is 12.6. The van der Waals surface area contributed by atoms with Gasteiger partial charge < -0.3 is 0 Å². The molecule has 0 aliphatic carbocycles. The molecule has 0 saturated carbocycles. The minimum atomic E-state index is 0.382. The van der Waals surface area contributed by atoms with Crippen molar-refractivity contribution < 1.29 is 0 Å². The Kier molecular flexibility index (Phi) is 4.27. The molecule has 2 rings (SSSR count). The summed E-state index contributed by atoms with van der Waals surface area (Å²) >= 11 is 2.00. The van der Waals surface area contributed by atoms with Crippen molar-refractivity contribution in [1.29, 1.82) is 0 Å². The molecule has 1 aliphatic rings. The Balaban J connectivity index is 0.000000531. The van der Waals surface area contributed by atoms with Crippen LogP contribution in [0.15, 0.2) is 23.1 Å². The van der Waals surface area contributed by atoms with E-state index in [2.05, 4.69) is 39.0 Å². The van der Waals surface area contributed by atoms with Gasteiger partial charge in [-0.1, -0.05) is 45.4 Å². The smallest absolute Gasteiger partial charge is 0.0110 e. The topological polar surface area (TPSA) is 0 Å². The average molecular weight is 222 g/mol. The van der Waals surface area contributed by atoms with Gasteiger partial charge in [0.25, 0.3) is 0 Å². The number of rotatable bonds is 0. The molecular weight excluding hydrogens is 200 g/mol. The summed E-state index contributed by atoms with van der Waals surface area (Å²) in [5.41, 5.74) is 3.31. The van der Waals surface area contributed by atoms with E-state index < -0.39 is 0 Å². The highest BCUT2D eigenvalue weighted by Crippen LogP contribution is 2.41. The average Bonchev–Trinajstić information content (AvgIpc) is 2.22. The number of fused-ring (bicyclic) bond motifs is 1. The zero-order valence-corrected chi connectivity index (χ0v) is 11.4. The second-order valence-corrected chi connectivity index (χ2v) is 5.62. The first-order chi connectivity index (χ1) is 7.09. The van der Waals surface area contributed by atoms with E-state index in [0.717, 1.165) is 0 Å². The summed E-state index contributed by atoms with van der Waals surface area (Å²) in [6, 6.07) is 6.84. The van der Waals surface area contributed by atoms with E-state index in [4.69, 9.17) is 0 Å². The van der Waals surface area contributed by atoms with Gasteiger partial charge in [-0.05, 0) is 36.1 Å². The second-order valence-electron chi connectivity index (χ2n) is 4.48. The SMILES string of the molecule is CC.Cc1ccc2c(c1)C(C)(C)CCS2. The first-order valence-electron chi connectivity index (χ1n) is 5.83. The van der Waals surface area contributed by atoms with E-state index in [1.165, 1.54) is 22.6 Å². The van der Waals surface area contributed by atoms with Crippen molar-refractivity contribution in [2.45, 2.75) is 51.3 Å². The Morgan fingerprint density at radius 1 is 1.20 bits per heavy atom. The van der Waals surface area contributed by atoms with E-state index in [1.54, 1.807) is 5.56 Å². The Bertz CT molecular complexity index is 326. The molecule has 0 saturated heterocycles. The van der Waals surface area contributed by atoms with Gasteiger partial charge in [-0.25, -0.2) is 0 Å². The molecule has 0 nitrogen and oxygen atoms in total. The molecular formula is C14H22S. The van der Waals surface area contributed by atoms with Crippen LogP contribution in [-0.4, -0.2) is 5.75 Å². The van der Waals surface area contributed by atoms with E-state index >= 15 is 0 Å². The van der Waals surface area contributed by atoms with Crippen molar-refractivity contribution in [1.82, 2.24) is 0 Å². The van der Waals surface area contributed by atoms with E-state index in [0.29, 0.717) is 5.41 Å². The molecule has 0 bridgehead atoms. The van der Waals surface area contributed by atoms with Gasteiger partial charge in [0.2, 0.25) is 0 Å². The van der Waals surface area contributed by atoms with Crippen LogP contribution in [0, 0.1) is 6.92 Å². The molecule has 84 valence electrons. The molecule has 0 N–H and O–H groups in total. The van der Waals surface area contributed by atoms with Gasteiger partial charge in [0.15, 0.2) is 0 Å². The number of thioether (sulfide) groups is 1. The van der Waals surface area contributed by atoms with Gasteiger partial charge >= 0.3 is 0 Å². The van der Waals surface area contributed by atoms with Crippen LogP contribution in [0.5, 0.6) is 0 Å². The molecule has 0 fully saturated rings. The highest BCUT2D eigenvalue weighted by atomic mass is 32.2. The molecule has 1 heteroatoms. The lowest BCUT2D eigenvalue weighted by Gasteiger charge is -2.32. The predicted octanol–water partition coefficient (Wildman–Crippen LogP) is 4.79. The van der Waals surface area contributed by atoms with Crippen molar-refractivity contribution in [3.63, 3.8) is 0 Å². The fraction of sp³-hybridized carbons (Fsp3) is 0.571. The number of benzene rings is 1. The molecule has 0 amide bonds. The van der Waals surface area contributed by atoms with Crippen LogP contribution in [0.25, 0.3) is 0 Å². The van der Waals surface area contributed by atoms with Crippen LogP contribution in [0.1, 0.15) is 45.2 Å². The summed E-state index contributed by atoms with van der Waals surface area (Å²) in [6.45, 7) is 10.9. The highest BCUT2D eigenvalue weighted by molar-refractivity contribution is 7.99. The monoisotopic (exact) mass is 222 g/mol. The van der Waals surface area contributed by atoms with Crippen LogP contribution < -0.4 is 0 Å². The summed E-state index contributed by atoms with van der Waals surface area (Å²) in [7, 11) is 0. The molecule has 1 aromatic carbocycles. The molecule has 1 heterocycles. The number of hydrogen-bond donors (Lipinski definition) is 0. The summed E-state index contributed by atoms with van der Waals surface area (Å²) in [6.07, 6.45) is 1.30. The van der Waals surface area contributed by atoms with Crippen molar-refractivity contribution in [3.05, 3.63) is 29.3 Å². The summed E-state index contributed by atoms with van der Waals surface area (Å²) in [5.74, 6) is 1.27. The number of hydrogen-bond acceptors (Lipinski definition) is 1. The maximum atomic E-state index is 2.35. The van der Waals surface area contributed by atoms with Gasteiger partial charge in [0.1, 0.15) is 0 Å². The number of aryl methyl sites for hydroxylation is 1. The molecule has 1 aliphatic heterocycles. The normalized spacial score (nSPS) is 17.4. The van der Waals surface area contributed by atoms with Crippen molar-refractivity contribution in [2.75, 3.05) is 5.75 Å². The molecule has 15 heavy (non-hydrogen) atoms. The Labute approximate surface area is 98.5 Å².